The van der Waals surface area contributed by atoms with Gasteiger partial charge in [-0.25, -0.2) is 0 Å². The van der Waals surface area contributed by atoms with Crippen molar-refractivity contribution in [3.05, 3.63) is 0 Å². The van der Waals surface area contributed by atoms with Crippen LogP contribution in [-0.2, 0) is 9.47 Å². The Kier molecular flexibility index (Phi) is 15.5. The molecule has 0 amide bonds. The summed E-state index contributed by atoms with van der Waals surface area (Å²) >= 11 is 0. The number of nitrogens with zero attached hydrogens (tertiary/aromatic N) is 1. The molecule has 1 fully saturated rings. The number of aliphatic hydroxyl groups excluding tert-OH is 1. The molecule has 1 aliphatic rings. The van der Waals surface area contributed by atoms with E-state index in [-0.39, 0.29) is 12.4 Å². The number of hydrogen-bond donors (Lipinski definition) is 2. The normalized spacial score (nSPS) is 21.5. The van der Waals surface area contributed by atoms with E-state index in [1.807, 2.05) is 13.8 Å². The fourth-order valence-corrected chi connectivity index (χ4v) is 2.42. The Morgan fingerprint density at radius 1 is 1.14 bits per heavy atom. The van der Waals surface area contributed by atoms with Gasteiger partial charge in [0.1, 0.15) is 0 Å². The van der Waals surface area contributed by atoms with Gasteiger partial charge >= 0.3 is 0 Å². The lowest BCUT2D eigenvalue weighted by Crippen LogP contribution is -2.34. The molecule has 1 heterocycles. The van der Waals surface area contributed by atoms with Crippen molar-refractivity contribution < 1.29 is 14.6 Å². The predicted molar refractivity (Wildman–Crippen MR) is 91.9 cm³/mol. The second-order valence-electron chi connectivity index (χ2n) is 5.50. The molecule has 5 nitrogen and oxygen atoms in total. The van der Waals surface area contributed by atoms with Gasteiger partial charge in [0.25, 0.3) is 0 Å². The molecule has 0 aromatic rings. The van der Waals surface area contributed by atoms with Gasteiger partial charge in [-0.2, -0.15) is 0 Å². The Balaban J connectivity index is 0.00000211. The van der Waals surface area contributed by atoms with E-state index >= 15 is 0 Å². The van der Waals surface area contributed by atoms with Crippen LogP contribution in [0.4, 0.5) is 0 Å². The Hall–Kier alpha value is -0.200. The van der Waals surface area contributed by atoms with Gasteiger partial charge < -0.3 is 25.2 Å². The van der Waals surface area contributed by atoms with Crippen LogP contribution in [0.3, 0.4) is 0 Å². The SMILES string of the molecule is CC.CCN(CCCCCCN)CCO[C@@H]1CC[C@H](O)CO1. The average Bonchev–Trinajstić information content (AvgIpc) is 2.56. The van der Waals surface area contributed by atoms with Crippen LogP contribution < -0.4 is 5.73 Å². The first-order valence-corrected chi connectivity index (χ1v) is 9.10. The van der Waals surface area contributed by atoms with Gasteiger partial charge in [-0.05, 0) is 38.9 Å². The van der Waals surface area contributed by atoms with Gasteiger partial charge in [0.15, 0.2) is 6.29 Å². The second kappa shape index (κ2) is 15.7. The van der Waals surface area contributed by atoms with Crippen molar-refractivity contribution in [1.82, 2.24) is 4.90 Å². The highest BCUT2D eigenvalue weighted by Gasteiger charge is 2.20. The predicted octanol–water partition coefficient (Wildman–Crippen LogP) is 2.37. The summed E-state index contributed by atoms with van der Waals surface area (Å²) in [5, 5.41) is 9.34. The van der Waals surface area contributed by atoms with E-state index in [1.165, 1.54) is 19.3 Å². The third-order valence-electron chi connectivity index (χ3n) is 3.80. The Labute approximate surface area is 137 Å². The first-order valence-electron chi connectivity index (χ1n) is 9.10. The summed E-state index contributed by atoms with van der Waals surface area (Å²) in [6, 6.07) is 0. The molecule has 0 saturated carbocycles. The molecule has 22 heavy (non-hydrogen) atoms. The highest BCUT2D eigenvalue weighted by Crippen LogP contribution is 2.14. The van der Waals surface area contributed by atoms with E-state index in [0.29, 0.717) is 13.2 Å². The van der Waals surface area contributed by atoms with Crippen LogP contribution in [0.25, 0.3) is 0 Å². The van der Waals surface area contributed by atoms with Crippen LogP contribution in [-0.4, -0.2) is 61.8 Å². The zero-order chi connectivity index (χ0) is 16.6. The second-order valence-corrected chi connectivity index (χ2v) is 5.50. The molecular weight excluding hydrogens is 280 g/mol. The van der Waals surface area contributed by atoms with Gasteiger partial charge in [0, 0.05) is 13.0 Å². The number of unbranched alkanes of at least 4 members (excludes halogenated alkanes) is 3. The standard InChI is InChI=1S/C15H32N2O3.C2H6/c1-2-17(10-6-4-3-5-9-16)11-12-19-15-8-7-14(18)13-20-15;1-2/h14-15,18H,2-13,16H2,1H3;1-2H3/t14-,15-;/m0./s1. The summed E-state index contributed by atoms with van der Waals surface area (Å²) in [4.78, 5) is 2.42. The quantitative estimate of drug-likeness (QED) is 0.572. The third-order valence-corrected chi connectivity index (χ3v) is 3.80. The molecule has 0 radical (unpaired) electrons. The molecular formula is C17H38N2O3. The Morgan fingerprint density at radius 2 is 1.86 bits per heavy atom. The van der Waals surface area contributed by atoms with Crippen molar-refractivity contribution in [2.75, 3.05) is 39.4 Å². The smallest absolute Gasteiger partial charge is 0.157 e. The van der Waals surface area contributed by atoms with Gasteiger partial charge in [0.2, 0.25) is 0 Å². The number of rotatable bonds is 11. The Bertz CT molecular complexity index is 222. The first-order chi connectivity index (χ1) is 10.8. The molecule has 2 atom stereocenters. The van der Waals surface area contributed by atoms with Crippen molar-refractivity contribution in [2.24, 2.45) is 5.73 Å². The summed E-state index contributed by atoms with van der Waals surface area (Å²) in [7, 11) is 0. The fraction of sp³-hybridized carbons (Fsp3) is 1.00. The number of ether oxygens (including phenoxy) is 2. The molecule has 134 valence electrons. The van der Waals surface area contributed by atoms with E-state index in [9.17, 15) is 5.11 Å². The summed E-state index contributed by atoms with van der Waals surface area (Å²) in [6.45, 7) is 11.3. The molecule has 0 unspecified atom stereocenters. The van der Waals surface area contributed by atoms with Gasteiger partial charge in [-0.15, -0.1) is 0 Å². The third kappa shape index (κ3) is 11.4. The van der Waals surface area contributed by atoms with Crippen LogP contribution in [0.15, 0.2) is 0 Å². The van der Waals surface area contributed by atoms with Gasteiger partial charge in [-0.3, -0.25) is 0 Å². The topological polar surface area (TPSA) is 68.0 Å². The van der Waals surface area contributed by atoms with Crippen molar-refractivity contribution in [3.63, 3.8) is 0 Å². The molecule has 0 aromatic carbocycles. The van der Waals surface area contributed by atoms with E-state index in [4.69, 9.17) is 15.2 Å². The lowest BCUT2D eigenvalue weighted by molar-refractivity contribution is -0.187. The molecule has 0 aliphatic carbocycles. The monoisotopic (exact) mass is 318 g/mol. The Morgan fingerprint density at radius 3 is 2.45 bits per heavy atom. The number of aliphatic hydroxyl groups is 1. The molecule has 1 rings (SSSR count). The van der Waals surface area contributed by atoms with Crippen LogP contribution in [0.1, 0.15) is 59.3 Å². The molecule has 0 spiro atoms. The van der Waals surface area contributed by atoms with Crippen LogP contribution in [0.5, 0.6) is 0 Å². The first kappa shape index (κ1) is 21.8. The van der Waals surface area contributed by atoms with Crippen LogP contribution >= 0.6 is 0 Å². The van der Waals surface area contributed by atoms with E-state index in [2.05, 4.69) is 11.8 Å². The van der Waals surface area contributed by atoms with Crippen molar-refractivity contribution in [2.45, 2.75) is 71.7 Å². The van der Waals surface area contributed by atoms with Crippen molar-refractivity contribution >= 4 is 0 Å². The minimum atomic E-state index is -0.310. The van der Waals surface area contributed by atoms with Gasteiger partial charge in [-0.1, -0.05) is 33.6 Å². The fourth-order valence-electron chi connectivity index (χ4n) is 2.42. The van der Waals surface area contributed by atoms with Gasteiger partial charge in [0.05, 0.1) is 19.3 Å². The minimum absolute atomic E-state index is 0.123. The summed E-state index contributed by atoms with van der Waals surface area (Å²) in [5.41, 5.74) is 5.49. The lowest BCUT2D eigenvalue weighted by atomic mass is 10.1. The van der Waals surface area contributed by atoms with Crippen molar-refractivity contribution in [1.29, 1.82) is 0 Å². The van der Waals surface area contributed by atoms with Crippen LogP contribution in [0.2, 0.25) is 0 Å². The van der Waals surface area contributed by atoms with E-state index < -0.39 is 0 Å². The zero-order valence-electron chi connectivity index (χ0n) is 14.9. The maximum Gasteiger partial charge on any atom is 0.157 e. The van der Waals surface area contributed by atoms with E-state index in [0.717, 1.165) is 45.4 Å². The zero-order valence-corrected chi connectivity index (χ0v) is 14.9. The highest BCUT2D eigenvalue weighted by molar-refractivity contribution is 4.63. The molecule has 1 saturated heterocycles. The maximum atomic E-state index is 9.34. The minimum Gasteiger partial charge on any atom is -0.391 e. The molecule has 1 aliphatic heterocycles. The molecule has 5 heteroatoms. The molecule has 3 N–H and O–H groups in total. The average molecular weight is 319 g/mol. The van der Waals surface area contributed by atoms with Crippen LogP contribution in [0, 0.1) is 0 Å². The lowest BCUT2D eigenvalue weighted by Gasteiger charge is -2.27. The summed E-state index contributed by atoms with van der Waals surface area (Å²) in [5.74, 6) is 0. The molecule has 0 bridgehead atoms. The highest BCUT2D eigenvalue weighted by atomic mass is 16.7. The molecule has 0 aromatic heterocycles. The largest absolute Gasteiger partial charge is 0.391 e. The number of hydrogen-bond acceptors (Lipinski definition) is 5. The summed E-state index contributed by atoms with van der Waals surface area (Å²) in [6.07, 6.45) is 6.02. The number of likely N-dealkylation sites (N-methyl/N-ethyl adjacent to an activating group) is 1. The summed E-state index contributed by atoms with van der Waals surface area (Å²) < 4.78 is 11.1. The van der Waals surface area contributed by atoms with Crippen molar-refractivity contribution in [3.8, 4) is 0 Å². The number of nitrogens with two attached hydrogens (primary N) is 1. The maximum absolute atomic E-state index is 9.34. The van der Waals surface area contributed by atoms with E-state index in [1.54, 1.807) is 0 Å².